The van der Waals surface area contributed by atoms with Crippen molar-refractivity contribution in [2.75, 3.05) is 0 Å². The van der Waals surface area contributed by atoms with E-state index in [0.29, 0.717) is 6.61 Å². The number of aryl methyl sites for hydroxylation is 1. The topological polar surface area (TPSA) is 90.2 Å². The van der Waals surface area contributed by atoms with Crippen LogP contribution in [0.3, 0.4) is 0 Å². The maximum atomic E-state index is 9.95. The molecular weight excluding hydrogens is 259 g/mol. The molecule has 0 saturated heterocycles. The minimum Gasteiger partial charge on any atom is -0.402 e. The Labute approximate surface area is 121 Å². The Balaban J connectivity index is 0.000000796. The van der Waals surface area contributed by atoms with Crippen molar-refractivity contribution in [3.63, 3.8) is 0 Å². The fourth-order valence-corrected chi connectivity index (χ4v) is 1.24. The van der Waals surface area contributed by atoms with Crippen molar-refractivity contribution in [1.29, 1.82) is 0 Å². The molecule has 0 bridgehead atoms. The van der Waals surface area contributed by atoms with Crippen molar-refractivity contribution in [3.8, 4) is 0 Å². The number of ether oxygens (including phenoxy) is 1. The zero-order valence-corrected chi connectivity index (χ0v) is 12.8. The van der Waals surface area contributed by atoms with Crippen LogP contribution < -0.4 is 0 Å². The van der Waals surface area contributed by atoms with Gasteiger partial charge >= 0.3 is 7.32 Å². The Morgan fingerprint density at radius 3 is 2.00 bits per heavy atom. The van der Waals surface area contributed by atoms with Crippen LogP contribution >= 0.6 is 0 Å². The molecule has 1 aromatic rings. The van der Waals surface area contributed by atoms with Gasteiger partial charge in [-0.2, -0.15) is 0 Å². The second-order valence-corrected chi connectivity index (χ2v) is 5.69. The minimum absolute atomic E-state index is 0.526. The highest BCUT2D eigenvalue weighted by Crippen LogP contribution is 2.26. The second kappa shape index (κ2) is 7.76. The Bertz CT molecular complexity index is 396. The molecule has 0 amide bonds. The predicted molar refractivity (Wildman–Crippen MR) is 78.8 cm³/mol. The molecule has 0 aliphatic heterocycles. The molecule has 6 heteroatoms. The van der Waals surface area contributed by atoms with E-state index in [0.717, 1.165) is 5.56 Å². The van der Waals surface area contributed by atoms with Crippen LogP contribution in [0.2, 0.25) is 0 Å². The monoisotopic (exact) mass is 284 g/mol. The van der Waals surface area contributed by atoms with Gasteiger partial charge in [-0.25, -0.2) is 0 Å². The summed E-state index contributed by atoms with van der Waals surface area (Å²) in [6, 6.07) is 8.21. The molecule has 114 valence electrons. The number of hydrogen-bond acceptors (Lipinski definition) is 5. The largest absolute Gasteiger partial charge is 0.631 e. The Morgan fingerprint density at radius 1 is 1.10 bits per heavy atom. The van der Waals surface area contributed by atoms with Crippen molar-refractivity contribution < 1.29 is 24.9 Å². The lowest BCUT2D eigenvalue weighted by Gasteiger charge is -2.37. The van der Waals surface area contributed by atoms with E-state index in [1.54, 1.807) is 13.8 Å². The van der Waals surface area contributed by atoms with Gasteiger partial charge in [-0.3, -0.25) is 0 Å². The summed E-state index contributed by atoms with van der Waals surface area (Å²) in [5.74, 6) is 0. The Hall–Kier alpha value is -0.915. The highest BCUT2D eigenvalue weighted by molar-refractivity contribution is 6.30. The van der Waals surface area contributed by atoms with Gasteiger partial charge in [-0.15, -0.1) is 0 Å². The van der Waals surface area contributed by atoms with Gasteiger partial charge in [0.2, 0.25) is 0 Å². The van der Waals surface area contributed by atoms with Crippen LogP contribution in [-0.4, -0.2) is 38.7 Å². The smallest absolute Gasteiger partial charge is 0.402 e. The first-order valence-electron chi connectivity index (χ1n) is 6.42. The molecule has 0 aliphatic carbocycles. The summed E-state index contributed by atoms with van der Waals surface area (Å²) in [5.41, 5.74) is 0.951. The van der Waals surface area contributed by atoms with Crippen LogP contribution in [-0.2, 0) is 11.3 Å². The lowest BCUT2D eigenvalue weighted by molar-refractivity contribution is -0.153. The molecule has 5 nitrogen and oxygen atoms in total. The van der Waals surface area contributed by atoms with Gasteiger partial charge < -0.3 is 24.9 Å². The van der Waals surface area contributed by atoms with Crippen LogP contribution in [0.25, 0.3) is 0 Å². The zero-order chi connectivity index (χ0) is 16.0. The zero-order valence-electron chi connectivity index (χ0n) is 12.8. The summed E-state index contributed by atoms with van der Waals surface area (Å²) in [4.78, 5) is 0. The summed E-state index contributed by atoms with van der Waals surface area (Å²) >= 11 is 0. The third kappa shape index (κ3) is 7.62. The molecule has 0 unspecified atom stereocenters. The van der Waals surface area contributed by atoms with E-state index in [9.17, 15) is 5.11 Å². The molecule has 0 spiro atoms. The number of aliphatic hydroxyl groups is 1. The maximum Gasteiger partial charge on any atom is 0.631 e. The first-order chi connectivity index (χ1) is 8.95. The molecule has 1 rings (SSSR count). The molecule has 0 heterocycles. The van der Waals surface area contributed by atoms with Crippen LogP contribution in [0.5, 0.6) is 0 Å². The van der Waals surface area contributed by atoms with E-state index in [1.807, 2.05) is 26.0 Å². The lowest BCUT2D eigenvalue weighted by atomic mass is 9.89. The molecule has 1 aromatic carbocycles. The van der Waals surface area contributed by atoms with E-state index < -0.39 is 18.5 Å². The molecule has 0 radical (unpaired) electrons. The number of rotatable bonds is 4. The summed E-state index contributed by atoms with van der Waals surface area (Å²) in [7, 11) is -2.17. The van der Waals surface area contributed by atoms with Crippen LogP contribution in [0.4, 0.5) is 0 Å². The first-order valence-corrected chi connectivity index (χ1v) is 6.42. The summed E-state index contributed by atoms with van der Waals surface area (Å²) in [6.45, 7) is 9.93. The maximum absolute atomic E-state index is 9.95. The van der Waals surface area contributed by atoms with E-state index in [1.165, 1.54) is 5.56 Å². The lowest BCUT2D eigenvalue weighted by Crippen LogP contribution is -2.47. The second-order valence-electron chi connectivity index (χ2n) is 5.69. The summed E-state index contributed by atoms with van der Waals surface area (Å²) in [5, 5.41) is 31.5. The van der Waals surface area contributed by atoms with Crippen molar-refractivity contribution in [3.05, 3.63) is 35.4 Å². The Morgan fingerprint density at radius 2 is 1.60 bits per heavy atom. The van der Waals surface area contributed by atoms with Gasteiger partial charge in [0, 0.05) is 0 Å². The molecule has 0 fully saturated rings. The predicted octanol–water partition coefficient (Wildman–Crippen LogP) is 1.01. The van der Waals surface area contributed by atoms with Crippen LogP contribution in [0.1, 0.15) is 38.8 Å². The van der Waals surface area contributed by atoms with Crippen molar-refractivity contribution in [1.82, 2.24) is 0 Å². The number of hydrogen-bond donors (Lipinski definition) is 4. The molecule has 0 aliphatic rings. The molecule has 0 saturated carbocycles. The average molecular weight is 284 g/mol. The van der Waals surface area contributed by atoms with E-state index >= 15 is 0 Å². The molecule has 20 heavy (non-hydrogen) atoms. The molecule has 0 atom stereocenters. The van der Waals surface area contributed by atoms with Crippen molar-refractivity contribution >= 4 is 7.32 Å². The van der Waals surface area contributed by atoms with Crippen molar-refractivity contribution in [2.24, 2.45) is 0 Å². The van der Waals surface area contributed by atoms with E-state index in [4.69, 9.17) is 19.8 Å². The fraction of sp³-hybridized carbons (Fsp3) is 0.571. The van der Waals surface area contributed by atoms with Gasteiger partial charge in [0.1, 0.15) is 0 Å². The van der Waals surface area contributed by atoms with Gasteiger partial charge in [0.15, 0.2) is 0 Å². The fourth-order valence-electron chi connectivity index (χ4n) is 1.24. The summed E-state index contributed by atoms with van der Waals surface area (Å²) in [6.07, 6.45) is 0. The quantitative estimate of drug-likeness (QED) is 0.620. The molecular formula is C14H25BO5. The molecule has 0 aromatic heterocycles. The molecule has 4 N–H and O–H groups in total. The van der Waals surface area contributed by atoms with Crippen LogP contribution in [0.15, 0.2) is 24.3 Å². The Kier molecular flexibility index (Phi) is 7.40. The SMILES string of the molecule is Cc1cccc(COC(C)(C)C(C)(C)O)c1.OB(O)O. The van der Waals surface area contributed by atoms with E-state index in [2.05, 4.69) is 19.1 Å². The summed E-state index contributed by atoms with van der Waals surface area (Å²) < 4.78 is 5.78. The van der Waals surface area contributed by atoms with Crippen molar-refractivity contribution in [2.45, 2.75) is 52.4 Å². The van der Waals surface area contributed by atoms with Gasteiger partial charge in [-0.1, -0.05) is 29.8 Å². The number of benzene rings is 1. The first kappa shape index (κ1) is 19.1. The van der Waals surface area contributed by atoms with Gasteiger partial charge in [0.05, 0.1) is 17.8 Å². The normalized spacial score (nSPS) is 11.7. The highest BCUT2D eigenvalue weighted by atomic mass is 16.5. The van der Waals surface area contributed by atoms with Crippen LogP contribution in [0, 0.1) is 6.92 Å². The standard InChI is InChI=1S/C14H22O2.BH3O3/c1-11-7-6-8-12(9-11)10-16-14(4,5)13(2,3)15;2-1(3)4/h6-9,15H,10H2,1-5H3;2-4H. The average Bonchev–Trinajstić information content (AvgIpc) is 2.24. The third-order valence-corrected chi connectivity index (χ3v) is 3.16. The highest BCUT2D eigenvalue weighted by Gasteiger charge is 2.35. The van der Waals surface area contributed by atoms with Gasteiger partial charge in [0.25, 0.3) is 0 Å². The van der Waals surface area contributed by atoms with E-state index in [-0.39, 0.29) is 0 Å². The third-order valence-electron chi connectivity index (χ3n) is 3.16. The minimum atomic E-state index is -2.17. The van der Waals surface area contributed by atoms with Gasteiger partial charge in [-0.05, 0) is 40.2 Å².